The molecule has 0 saturated heterocycles. The molecular weight excluding hydrogens is 124 g/mol. The van der Waals surface area contributed by atoms with Crippen LogP contribution in [-0.4, -0.2) is 17.9 Å². The number of hydroxylamine groups is 1. The van der Waals surface area contributed by atoms with Gasteiger partial charge in [0.25, 0.3) is 0 Å². The molecule has 5 heteroatoms. The third kappa shape index (κ3) is 3.48. The molecule has 0 aliphatic carbocycles. The molecule has 0 fully saturated rings. The van der Waals surface area contributed by atoms with Gasteiger partial charge in [-0.3, -0.25) is 4.79 Å². The minimum atomic E-state index is -1.13. The minimum absolute atomic E-state index is 0.0972. The van der Waals surface area contributed by atoms with E-state index in [0.717, 1.165) is 6.41 Å². The fourth-order valence-corrected chi connectivity index (χ4v) is 0.106. The summed E-state index contributed by atoms with van der Waals surface area (Å²) in [5.74, 6) is 0. The van der Waals surface area contributed by atoms with Crippen LogP contribution in [0.3, 0.4) is 0 Å². The first kappa shape index (κ1) is 6.65. The second-order valence-electron chi connectivity index (χ2n) is 0.574. The molecule has 0 atom stereocenters. The molecule has 0 saturated carbocycles. The first-order valence-electron chi connectivity index (χ1n) is 1.34. The van der Waals surface area contributed by atoms with E-state index in [-0.39, 0.29) is 4.58 Å². The van der Waals surface area contributed by atoms with Crippen molar-refractivity contribution in [2.24, 2.45) is 0 Å². The molecule has 0 rings (SSSR count). The highest BCUT2D eigenvalue weighted by atomic mass is 35.5. The van der Waals surface area contributed by atoms with E-state index in [4.69, 9.17) is 11.8 Å². The van der Waals surface area contributed by atoms with Crippen molar-refractivity contribution >= 4 is 18.2 Å². The highest BCUT2D eigenvalue weighted by molar-refractivity contribution is 6.17. The number of rotatable bonds is 3. The van der Waals surface area contributed by atoms with Crippen LogP contribution in [0.25, 0.3) is 0 Å². The van der Waals surface area contributed by atoms with E-state index in [1.165, 1.54) is 0 Å². The number of alkyl halides is 1. The van der Waals surface area contributed by atoms with E-state index in [1.807, 2.05) is 0 Å². The maximum absolute atomic E-state index is 10.9. The van der Waals surface area contributed by atoms with Gasteiger partial charge in [-0.2, -0.15) is 0 Å². The summed E-state index contributed by atoms with van der Waals surface area (Å²) in [5.41, 5.74) is 0. The predicted octanol–water partition coefficient (Wildman–Crippen LogP) is 0.368. The Hall–Kier alpha value is -0.350. The number of carbonyl (C=O) groups excluding carboxylic acids is 1. The Morgan fingerprint density at radius 3 is 2.71 bits per heavy atom. The summed E-state index contributed by atoms with van der Waals surface area (Å²) >= 11 is 4.71. The van der Waals surface area contributed by atoms with E-state index in [9.17, 15) is 9.18 Å². The summed E-state index contributed by atoms with van der Waals surface area (Å²) in [5, 5.41) is 0. The second-order valence-corrected chi connectivity index (χ2v) is 0.881. The molecule has 0 N–H and O–H groups in total. The molecular formula is C2H2ClFNO2. The van der Waals surface area contributed by atoms with Crippen molar-refractivity contribution < 1.29 is 14.0 Å². The van der Waals surface area contributed by atoms with Crippen molar-refractivity contribution in [3.8, 4) is 0 Å². The average Bonchev–Trinajstić information content (AvgIpc) is 1.68. The Morgan fingerprint density at radius 2 is 2.57 bits per heavy atom. The third-order valence-electron chi connectivity index (χ3n) is 0.234. The average molecular weight is 126 g/mol. The highest BCUT2D eigenvalue weighted by Gasteiger charge is 1.92. The van der Waals surface area contributed by atoms with Crippen LogP contribution in [0.2, 0.25) is 0 Å². The van der Waals surface area contributed by atoms with Gasteiger partial charge >= 0.3 is 6.41 Å². The van der Waals surface area contributed by atoms with Crippen molar-refractivity contribution in [1.82, 2.24) is 4.58 Å². The molecule has 0 spiro atoms. The van der Waals surface area contributed by atoms with E-state index in [0.29, 0.717) is 0 Å². The molecule has 0 bridgehead atoms. The smallest absolute Gasteiger partial charge is 0.259 e. The molecule has 3 nitrogen and oxygen atoms in total. The van der Waals surface area contributed by atoms with Gasteiger partial charge in [-0.25, -0.2) is 9.23 Å². The van der Waals surface area contributed by atoms with E-state index < -0.39 is 6.86 Å². The zero-order chi connectivity index (χ0) is 5.70. The number of nitrogens with zero attached hydrogens (tertiary/aromatic N) is 1. The Labute approximate surface area is 44.7 Å². The van der Waals surface area contributed by atoms with Crippen LogP contribution in [0.4, 0.5) is 4.39 Å². The Bertz CT molecular complexity index is 61.7. The van der Waals surface area contributed by atoms with E-state index in [1.54, 1.807) is 0 Å². The van der Waals surface area contributed by atoms with Gasteiger partial charge in [-0.15, -0.1) is 4.58 Å². The van der Waals surface area contributed by atoms with Gasteiger partial charge in [-0.05, 0) is 0 Å². The lowest BCUT2D eigenvalue weighted by atomic mass is 11.4. The lowest BCUT2D eigenvalue weighted by Crippen LogP contribution is -2.08. The molecule has 0 aromatic heterocycles. The maximum atomic E-state index is 10.9. The van der Waals surface area contributed by atoms with Gasteiger partial charge < -0.3 is 0 Å². The molecule has 0 aromatic rings. The van der Waals surface area contributed by atoms with Crippen LogP contribution in [0, 0.1) is 0 Å². The molecule has 0 unspecified atom stereocenters. The zero-order valence-electron chi connectivity index (χ0n) is 3.23. The van der Waals surface area contributed by atoms with Gasteiger partial charge in [0, 0.05) is 11.8 Å². The van der Waals surface area contributed by atoms with Crippen molar-refractivity contribution in [2.75, 3.05) is 6.86 Å². The first-order valence-corrected chi connectivity index (χ1v) is 1.67. The van der Waals surface area contributed by atoms with Gasteiger partial charge in [0.15, 0.2) is 0 Å². The summed E-state index contributed by atoms with van der Waals surface area (Å²) in [7, 11) is 0. The van der Waals surface area contributed by atoms with Crippen molar-refractivity contribution in [3.05, 3.63) is 0 Å². The quantitative estimate of drug-likeness (QED) is 0.311. The Kier molecular flexibility index (Phi) is 3.64. The van der Waals surface area contributed by atoms with Crippen LogP contribution < -0.4 is 0 Å². The summed E-state index contributed by atoms with van der Waals surface area (Å²) in [6, 6.07) is 0. The van der Waals surface area contributed by atoms with Crippen LogP contribution in [0.5, 0.6) is 0 Å². The largest absolute Gasteiger partial charge is 0.354 e. The number of amides is 1. The topological polar surface area (TPSA) is 29.5 Å². The van der Waals surface area contributed by atoms with Crippen LogP contribution >= 0.6 is 11.8 Å². The third-order valence-corrected chi connectivity index (χ3v) is 0.401. The molecule has 41 valence electrons. The minimum Gasteiger partial charge on any atom is -0.259 e. The number of halogens is 2. The molecule has 0 aromatic carbocycles. The Morgan fingerprint density at radius 1 is 2.00 bits per heavy atom. The molecule has 1 radical (unpaired) electrons. The molecule has 0 aliphatic rings. The SMILES string of the molecule is O=[C]N(Cl)OCF. The van der Waals surface area contributed by atoms with Crippen LogP contribution in [-0.2, 0) is 9.63 Å². The van der Waals surface area contributed by atoms with Crippen molar-refractivity contribution in [2.45, 2.75) is 0 Å². The van der Waals surface area contributed by atoms with Crippen molar-refractivity contribution in [1.29, 1.82) is 0 Å². The lowest BCUT2D eigenvalue weighted by Gasteiger charge is -1.97. The zero-order valence-corrected chi connectivity index (χ0v) is 3.98. The summed E-state index contributed by atoms with van der Waals surface area (Å²) in [6.45, 7) is -1.13. The molecule has 0 aliphatic heterocycles. The second kappa shape index (κ2) is 3.83. The Balaban J connectivity index is 2.98. The van der Waals surface area contributed by atoms with Gasteiger partial charge in [0.2, 0.25) is 6.86 Å². The fourth-order valence-electron chi connectivity index (χ4n) is 0.0692. The molecule has 7 heavy (non-hydrogen) atoms. The number of hydrogen-bond donors (Lipinski definition) is 0. The standard InChI is InChI=1S/C2H2ClFNO2/c3-5(2-6)7-1-4/h1H2. The van der Waals surface area contributed by atoms with E-state index >= 15 is 0 Å². The molecule has 1 amide bonds. The fraction of sp³-hybridized carbons (Fsp3) is 0.500. The molecule has 0 heterocycles. The van der Waals surface area contributed by atoms with Crippen LogP contribution in [0.1, 0.15) is 0 Å². The first-order chi connectivity index (χ1) is 3.31. The van der Waals surface area contributed by atoms with Crippen molar-refractivity contribution in [3.63, 3.8) is 0 Å². The predicted molar refractivity (Wildman–Crippen MR) is 20.4 cm³/mol. The summed E-state index contributed by atoms with van der Waals surface area (Å²) in [4.78, 5) is 13.0. The van der Waals surface area contributed by atoms with Gasteiger partial charge in [-0.1, -0.05) is 0 Å². The van der Waals surface area contributed by atoms with Gasteiger partial charge in [0.1, 0.15) is 0 Å². The summed E-state index contributed by atoms with van der Waals surface area (Å²) < 4.78 is 11.0. The monoisotopic (exact) mass is 126 g/mol. The summed E-state index contributed by atoms with van der Waals surface area (Å²) in [6.07, 6.45) is 1.05. The van der Waals surface area contributed by atoms with Crippen LogP contribution in [0.15, 0.2) is 0 Å². The lowest BCUT2D eigenvalue weighted by molar-refractivity contribution is -0.0756. The van der Waals surface area contributed by atoms with Gasteiger partial charge in [0.05, 0.1) is 0 Å². The van der Waals surface area contributed by atoms with E-state index in [2.05, 4.69) is 4.84 Å². The maximum Gasteiger partial charge on any atom is 0.354 e. The number of hydrogen-bond acceptors (Lipinski definition) is 2. The highest BCUT2D eigenvalue weighted by Crippen LogP contribution is 1.88. The normalized spacial score (nSPS) is 8.29.